The summed E-state index contributed by atoms with van der Waals surface area (Å²) in [4.78, 5) is 11.3. The van der Waals surface area contributed by atoms with Gasteiger partial charge in [-0.05, 0) is 25.1 Å². The molecule has 1 aromatic rings. The molecule has 0 saturated heterocycles. The van der Waals surface area contributed by atoms with Gasteiger partial charge in [0.25, 0.3) is 0 Å². The van der Waals surface area contributed by atoms with Crippen molar-refractivity contribution in [2.45, 2.75) is 6.92 Å². The molecule has 0 saturated carbocycles. The first kappa shape index (κ1) is 13.4. The molecule has 0 amide bonds. The zero-order chi connectivity index (χ0) is 12.7. The van der Waals surface area contributed by atoms with E-state index >= 15 is 0 Å². The van der Waals surface area contributed by atoms with Gasteiger partial charge in [-0.2, -0.15) is 0 Å². The third-order valence-corrected chi connectivity index (χ3v) is 1.99. The molecular weight excluding hydrogens is 227 g/mol. The highest BCUT2D eigenvalue weighted by molar-refractivity contribution is 5.89. The van der Waals surface area contributed by atoms with Crippen LogP contribution in [0.1, 0.15) is 17.3 Å². The summed E-state index contributed by atoms with van der Waals surface area (Å²) in [7, 11) is 1.53. The van der Waals surface area contributed by atoms with Crippen LogP contribution in [0, 0.1) is 5.82 Å². The van der Waals surface area contributed by atoms with Crippen LogP contribution in [-0.2, 0) is 9.47 Å². The van der Waals surface area contributed by atoms with E-state index in [1.165, 1.54) is 19.2 Å². The fourth-order valence-electron chi connectivity index (χ4n) is 1.19. The third-order valence-electron chi connectivity index (χ3n) is 1.99. The number of hydrogen-bond donors (Lipinski definition) is 0. The van der Waals surface area contributed by atoms with Gasteiger partial charge in [-0.25, -0.2) is 9.18 Å². The molecular formula is C12H15FO4. The van der Waals surface area contributed by atoms with Crippen LogP contribution in [0.5, 0.6) is 5.75 Å². The summed E-state index contributed by atoms with van der Waals surface area (Å²) in [5, 5.41) is 0. The fraction of sp³-hybridized carbons (Fsp3) is 0.417. The number of carbonyl (C=O) groups excluding carboxylic acids is 1. The van der Waals surface area contributed by atoms with Crippen LogP contribution in [0.3, 0.4) is 0 Å². The van der Waals surface area contributed by atoms with Crippen LogP contribution < -0.4 is 4.74 Å². The fourth-order valence-corrected chi connectivity index (χ4v) is 1.19. The second-order valence-corrected chi connectivity index (χ2v) is 3.21. The van der Waals surface area contributed by atoms with E-state index in [0.717, 1.165) is 6.07 Å². The second kappa shape index (κ2) is 6.85. The molecule has 0 aliphatic rings. The number of methoxy groups -OCH3 is 1. The molecule has 0 atom stereocenters. The van der Waals surface area contributed by atoms with Gasteiger partial charge < -0.3 is 14.2 Å². The summed E-state index contributed by atoms with van der Waals surface area (Å²) in [6.45, 7) is 2.58. The molecule has 0 aliphatic heterocycles. The monoisotopic (exact) mass is 242 g/mol. The zero-order valence-electron chi connectivity index (χ0n) is 9.86. The summed E-state index contributed by atoms with van der Waals surface area (Å²) in [6, 6.07) is 3.96. The molecule has 0 unspecified atom stereocenters. The zero-order valence-corrected chi connectivity index (χ0v) is 9.86. The molecule has 1 rings (SSSR count). The van der Waals surface area contributed by atoms with Crippen molar-refractivity contribution in [1.29, 1.82) is 0 Å². The van der Waals surface area contributed by atoms with Gasteiger partial charge in [-0.15, -0.1) is 0 Å². The number of hydrogen-bond acceptors (Lipinski definition) is 4. The minimum atomic E-state index is -0.591. The number of esters is 1. The van der Waals surface area contributed by atoms with Crippen LogP contribution in [0.15, 0.2) is 18.2 Å². The van der Waals surface area contributed by atoms with Crippen molar-refractivity contribution in [3.05, 3.63) is 29.6 Å². The van der Waals surface area contributed by atoms with Gasteiger partial charge in [-0.1, -0.05) is 0 Å². The minimum absolute atomic E-state index is 0.0927. The molecule has 0 N–H and O–H groups in total. The molecule has 0 aromatic heterocycles. The van der Waals surface area contributed by atoms with Crippen LogP contribution in [0.4, 0.5) is 4.39 Å². The first-order valence-corrected chi connectivity index (χ1v) is 5.27. The number of rotatable bonds is 6. The lowest BCUT2D eigenvalue weighted by atomic mass is 10.2. The predicted octanol–water partition coefficient (Wildman–Crippen LogP) is 2.03. The van der Waals surface area contributed by atoms with Gasteiger partial charge in [-0.3, -0.25) is 0 Å². The molecule has 0 fully saturated rings. The molecule has 0 aliphatic carbocycles. The lowest BCUT2D eigenvalue weighted by molar-refractivity contribution is 0.0525. The average Bonchev–Trinajstić information content (AvgIpc) is 2.31. The van der Waals surface area contributed by atoms with Gasteiger partial charge >= 0.3 is 5.97 Å². The minimum Gasteiger partial charge on any atom is -0.488 e. The Morgan fingerprint density at radius 3 is 2.71 bits per heavy atom. The number of carbonyl (C=O) groups is 1. The highest BCUT2D eigenvalue weighted by atomic mass is 19.1. The van der Waals surface area contributed by atoms with Gasteiger partial charge in [0.05, 0.1) is 18.8 Å². The van der Waals surface area contributed by atoms with Crippen LogP contribution >= 0.6 is 0 Å². The van der Waals surface area contributed by atoms with E-state index in [4.69, 9.17) is 14.2 Å². The number of halogens is 1. The van der Waals surface area contributed by atoms with Gasteiger partial charge in [0.1, 0.15) is 6.61 Å². The van der Waals surface area contributed by atoms with Crippen LogP contribution in [-0.4, -0.2) is 32.9 Å². The first-order chi connectivity index (χ1) is 8.19. The molecule has 0 radical (unpaired) electrons. The molecule has 0 bridgehead atoms. The molecule has 0 spiro atoms. The Bertz CT molecular complexity index is 379. The lowest BCUT2D eigenvalue weighted by Gasteiger charge is -2.07. The van der Waals surface area contributed by atoms with Crippen molar-refractivity contribution < 1.29 is 23.4 Å². The first-order valence-electron chi connectivity index (χ1n) is 5.27. The molecule has 5 heteroatoms. The average molecular weight is 242 g/mol. The summed E-state index contributed by atoms with van der Waals surface area (Å²) < 4.78 is 28.2. The summed E-state index contributed by atoms with van der Waals surface area (Å²) >= 11 is 0. The maximum atomic E-state index is 13.5. The topological polar surface area (TPSA) is 44.8 Å². The third kappa shape index (κ3) is 4.03. The Labute approximate surface area is 99.3 Å². The van der Waals surface area contributed by atoms with Gasteiger partial charge in [0, 0.05) is 7.11 Å². The van der Waals surface area contributed by atoms with Gasteiger partial charge in [0.15, 0.2) is 11.6 Å². The van der Waals surface area contributed by atoms with E-state index in [2.05, 4.69) is 0 Å². The largest absolute Gasteiger partial charge is 0.488 e. The lowest BCUT2D eigenvalue weighted by Crippen LogP contribution is -2.08. The maximum absolute atomic E-state index is 13.5. The van der Waals surface area contributed by atoms with Gasteiger partial charge in [0.2, 0.25) is 0 Å². The van der Waals surface area contributed by atoms with E-state index in [9.17, 15) is 9.18 Å². The highest BCUT2D eigenvalue weighted by Gasteiger charge is 2.10. The number of ether oxygens (including phenoxy) is 3. The smallest absolute Gasteiger partial charge is 0.338 e. The Balaban J connectivity index is 2.68. The van der Waals surface area contributed by atoms with Crippen molar-refractivity contribution in [2.24, 2.45) is 0 Å². The van der Waals surface area contributed by atoms with E-state index in [1.807, 2.05) is 0 Å². The quantitative estimate of drug-likeness (QED) is 0.565. The van der Waals surface area contributed by atoms with Crippen LogP contribution in [0.25, 0.3) is 0 Å². The van der Waals surface area contributed by atoms with E-state index in [1.54, 1.807) is 6.92 Å². The molecule has 4 nitrogen and oxygen atoms in total. The molecule has 17 heavy (non-hydrogen) atoms. The SMILES string of the molecule is CCOC(=O)c1ccc(OCCOC)c(F)c1. The maximum Gasteiger partial charge on any atom is 0.338 e. The van der Waals surface area contributed by atoms with Crippen molar-refractivity contribution in [1.82, 2.24) is 0 Å². The predicted molar refractivity (Wildman–Crippen MR) is 59.7 cm³/mol. The summed E-state index contributed by atoms with van der Waals surface area (Å²) in [5.74, 6) is -1.04. The normalized spacial score (nSPS) is 10.1. The van der Waals surface area contributed by atoms with Crippen molar-refractivity contribution >= 4 is 5.97 Å². The van der Waals surface area contributed by atoms with Crippen molar-refractivity contribution in [3.8, 4) is 5.75 Å². The van der Waals surface area contributed by atoms with E-state index in [0.29, 0.717) is 6.61 Å². The van der Waals surface area contributed by atoms with Crippen molar-refractivity contribution in [3.63, 3.8) is 0 Å². The summed E-state index contributed by atoms with van der Waals surface area (Å²) in [6.07, 6.45) is 0. The standard InChI is InChI=1S/C12H15FO4/c1-3-16-12(14)9-4-5-11(10(13)8-9)17-7-6-15-2/h4-5,8H,3,6-7H2,1-2H3. The second-order valence-electron chi connectivity index (χ2n) is 3.21. The van der Waals surface area contributed by atoms with Crippen molar-refractivity contribution in [2.75, 3.05) is 26.9 Å². The Morgan fingerprint density at radius 2 is 2.12 bits per heavy atom. The highest BCUT2D eigenvalue weighted by Crippen LogP contribution is 2.18. The molecule has 1 aromatic carbocycles. The Morgan fingerprint density at radius 1 is 1.35 bits per heavy atom. The Hall–Kier alpha value is -1.62. The Kier molecular flexibility index (Phi) is 5.42. The van der Waals surface area contributed by atoms with E-state index < -0.39 is 11.8 Å². The number of benzene rings is 1. The molecule has 94 valence electrons. The molecule has 0 heterocycles. The van der Waals surface area contributed by atoms with Crippen LogP contribution in [0.2, 0.25) is 0 Å². The summed E-state index contributed by atoms with van der Waals surface area (Å²) in [5.41, 5.74) is 0.170. The van der Waals surface area contributed by atoms with E-state index in [-0.39, 0.29) is 24.5 Å².